The van der Waals surface area contributed by atoms with E-state index in [1.165, 1.54) is 17.0 Å². The Morgan fingerprint density at radius 2 is 1.86 bits per heavy atom. The van der Waals surface area contributed by atoms with Gasteiger partial charge in [-0.05, 0) is 30.8 Å². The highest BCUT2D eigenvalue weighted by molar-refractivity contribution is 5.85. The van der Waals surface area contributed by atoms with E-state index in [0.29, 0.717) is 24.5 Å². The molecule has 152 valence electrons. The van der Waals surface area contributed by atoms with E-state index in [1.807, 2.05) is 19.2 Å². The molecule has 9 heteroatoms. The van der Waals surface area contributed by atoms with Crippen molar-refractivity contribution >= 4 is 24.2 Å². The van der Waals surface area contributed by atoms with Gasteiger partial charge in [-0.25, -0.2) is 4.79 Å². The Balaban J connectivity index is 0.00000392. The highest BCUT2D eigenvalue weighted by Gasteiger charge is 2.12. The lowest BCUT2D eigenvalue weighted by Crippen LogP contribution is -2.25. The number of halogens is 1. The quantitative estimate of drug-likeness (QED) is 0.526. The van der Waals surface area contributed by atoms with Gasteiger partial charge in [0.25, 0.3) is 5.69 Å². The molecule has 0 heterocycles. The van der Waals surface area contributed by atoms with Crippen LogP contribution in [0.5, 0.6) is 11.5 Å². The first-order valence-corrected chi connectivity index (χ1v) is 8.44. The second-order valence-corrected chi connectivity index (χ2v) is 6.06. The van der Waals surface area contributed by atoms with Gasteiger partial charge in [-0.1, -0.05) is 18.2 Å². The molecule has 0 spiro atoms. The van der Waals surface area contributed by atoms with Crippen LogP contribution in [0.2, 0.25) is 0 Å². The summed E-state index contributed by atoms with van der Waals surface area (Å²) in [5.74, 6) is 0.935. The van der Waals surface area contributed by atoms with Crippen molar-refractivity contribution in [3.05, 3.63) is 64.2 Å². The molecule has 2 aromatic carbocycles. The van der Waals surface area contributed by atoms with Crippen LogP contribution in [0.15, 0.2) is 48.5 Å². The second-order valence-electron chi connectivity index (χ2n) is 6.06. The number of rotatable bonds is 8. The third-order valence-electron chi connectivity index (χ3n) is 3.90. The van der Waals surface area contributed by atoms with Crippen LogP contribution in [-0.2, 0) is 0 Å². The number of hydrogen-bond donors (Lipinski definition) is 1. The molecule has 8 nitrogen and oxygen atoms in total. The van der Waals surface area contributed by atoms with Crippen molar-refractivity contribution in [1.82, 2.24) is 10.2 Å². The highest BCUT2D eigenvalue weighted by Crippen LogP contribution is 2.23. The van der Waals surface area contributed by atoms with Crippen LogP contribution >= 0.6 is 12.4 Å². The molecule has 0 aliphatic rings. The molecule has 1 atom stereocenters. The summed E-state index contributed by atoms with van der Waals surface area (Å²) in [5, 5.41) is 14.0. The number of nitrogens with zero attached hydrogens (tertiary/aromatic N) is 2. The number of nitro benzene ring substituents is 1. The maximum Gasteiger partial charge on any atom is 0.414 e. The molecular weight excluding hydrogens is 386 g/mol. The van der Waals surface area contributed by atoms with Gasteiger partial charge in [0.05, 0.1) is 17.6 Å². The molecule has 0 radical (unpaired) electrons. The van der Waals surface area contributed by atoms with Crippen LogP contribution in [0.25, 0.3) is 0 Å². The number of carbonyl (C=O) groups is 1. The van der Waals surface area contributed by atoms with Crippen molar-refractivity contribution in [3.63, 3.8) is 0 Å². The second kappa shape index (κ2) is 11.1. The zero-order valence-electron chi connectivity index (χ0n) is 16.0. The van der Waals surface area contributed by atoms with Crippen molar-refractivity contribution in [1.29, 1.82) is 0 Å². The number of nitro groups is 1. The van der Waals surface area contributed by atoms with E-state index >= 15 is 0 Å². The number of nitrogens with one attached hydrogen (secondary N) is 1. The van der Waals surface area contributed by atoms with E-state index in [1.54, 1.807) is 38.4 Å². The van der Waals surface area contributed by atoms with Crippen molar-refractivity contribution in [2.45, 2.75) is 12.5 Å². The van der Waals surface area contributed by atoms with Gasteiger partial charge in [0.1, 0.15) is 11.5 Å². The molecule has 1 amide bonds. The van der Waals surface area contributed by atoms with Crippen LogP contribution in [-0.4, -0.2) is 43.7 Å². The summed E-state index contributed by atoms with van der Waals surface area (Å²) in [6.45, 7) is 0.393. The topological polar surface area (TPSA) is 93.9 Å². The first-order valence-electron chi connectivity index (χ1n) is 8.44. The largest absolute Gasteiger partial charge is 0.493 e. The van der Waals surface area contributed by atoms with Gasteiger partial charge in [0, 0.05) is 32.6 Å². The number of benzene rings is 2. The van der Waals surface area contributed by atoms with E-state index in [9.17, 15) is 14.9 Å². The molecule has 0 saturated heterocycles. The monoisotopic (exact) mass is 409 g/mol. The third-order valence-corrected chi connectivity index (χ3v) is 3.90. The molecule has 0 aromatic heterocycles. The molecule has 0 bridgehead atoms. The van der Waals surface area contributed by atoms with Gasteiger partial charge >= 0.3 is 6.09 Å². The normalized spacial score (nSPS) is 11.1. The summed E-state index contributed by atoms with van der Waals surface area (Å²) >= 11 is 0. The Morgan fingerprint density at radius 3 is 2.43 bits per heavy atom. The zero-order valence-corrected chi connectivity index (χ0v) is 16.8. The molecule has 2 rings (SSSR count). The van der Waals surface area contributed by atoms with Crippen LogP contribution in [0, 0.1) is 10.1 Å². The minimum Gasteiger partial charge on any atom is -0.493 e. The first-order chi connectivity index (χ1) is 12.9. The average Bonchev–Trinajstić information content (AvgIpc) is 2.66. The Bertz CT molecular complexity index is 783. The smallest absolute Gasteiger partial charge is 0.414 e. The summed E-state index contributed by atoms with van der Waals surface area (Å²) in [4.78, 5) is 23.3. The maximum atomic E-state index is 11.6. The fraction of sp³-hybridized carbons (Fsp3) is 0.316. The van der Waals surface area contributed by atoms with Gasteiger partial charge < -0.3 is 19.7 Å². The Kier molecular flexibility index (Phi) is 9.20. The molecule has 0 aliphatic carbocycles. The van der Waals surface area contributed by atoms with Crippen molar-refractivity contribution < 1.29 is 19.2 Å². The lowest BCUT2D eigenvalue weighted by Gasteiger charge is -2.18. The highest BCUT2D eigenvalue weighted by atomic mass is 35.5. The van der Waals surface area contributed by atoms with Crippen LogP contribution in [0.4, 0.5) is 10.5 Å². The Hall–Kier alpha value is -2.84. The van der Waals surface area contributed by atoms with Gasteiger partial charge in [-0.2, -0.15) is 0 Å². The average molecular weight is 410 g/mol. The van der Waals surface area contributed by atoms with Gasteiger partial charge in [0.2, 0.25) is 0 Å². The number of ether oxygens (including phenoxy) is 2. The predicted molar refractivity (Wildman–Crippen MR) is 108 cm³/mol. The van der Waals surface area contributed by atoms with E-state index in [4.69, 9.17) is 9.47 Å². The molecule has 0 saturated carbocycles. The summed E-state index contributed by atoms with van der Waals surface area (Å²) in [6.07, 6.45) is 0.231. The van der Waals surface area contributed by atoms with Crippen molar-refractivity contribution in [2.75, 3.05) is 27.7 Å². The van der Waals surface area contributed by atoms with Crippen LogP contribution in [0.1, 0.15) is 18.0 Å². The fourth-order valence-corrected chi connectivity index (χ4v) is 2.42. The lowest BCUT2D eigenvalue weighted by molar-refractivity contribution is -0.384. The summed E-state index contributed by atoms with van der Waals surface area (Å²) in [7, 11) is 5.09. The van der Waals surface area contributed by atoms with Crippen LogP contribution in [0.3, 0.4) is 0 Å². The first kappa shape index (κ1) is 23.2. The molecule has 1 N–H and O–H groups in total. The van der Waals surface area contributed by atoms with Gasteiger partial charge in [-0.3, -0.25) is 10.1 Å². The minimum absolute atomic E-state index is 0. The third kappa shape index (κ3) is 6.71. The summed E-state index contributed by atoms with van der Waals surface area (Å²) < 4.78 is 10.8. The number of non-ortho nitro benzene ring substituents is 1. The van der Waals surface area contributed by atoms with E-state index < -0.39 is 11.0 Å². The summed E-state index contributed by atoms with van der Waals surface area (Å²) in [5.41, 5.74) is 1.02. The maximum absolute atomic E-state index is 11.6. The van der Waals surface area contributed by atoms with Gasteiger partial charge in [0.15, 0.2) is 0 Å². The molecule has 28 heavy (non-hydrogen) atoms. The number of carbonyl (C=O) groups excluding carboxylic acids is 1. The Morgan fingerprint density at radius 1 is 1.18 bits per heavy atom. The predicted octanol–water partition coefficient (Wildman–Crippen LogP) is 3.81. The summed E-state index contributed by atoms with van der Waals surface area (Å²) in [6, 6.07) is 13.4. The zero-order chi connectivity index (χ0) is 19.8. The van der Waals surface area contributed by atoms with E-state index in [0.717, 1.165) is 5.56 Å². The lowest BCUT2D eigenvalue weighted by atomic mass is 10.0. The molecule has 0 fully saturated rings. The minimum atomic E-state index is -0.450. The van der Waals surface area contributed by atoms with E-state index in [2.05, 4.69) is 5.32 Å². The standard InChI is InChI=1S/C19H23N3O5.ClH/c1-20-18(11-12-26-17-6-4-5-15(13-17)22(24)25)14-7-9-16(10-8-14)27-19(23)21(2)3;/h4-10,13,18,20H,11-12H2,1-3H3;1H. The van der Waals surface area contributed by atoms with E-state index in [-0.39, 0.29) is 24.1 Å². The molecule has 0 aliphatic heterocycles. The molecule has 1 unspecified atom stereocenters. The van der Waals surface area contributed by atoms with Gasteiger partial charge in [-0.15, -0.1) is 12.4 Å². The van der Waals surface area contributed by atoms with Crippen LogP contribution < -0.4 is 14.8 Å². The van der Waals surface area contributed by atoms with Crippen molar-refractivity contribution in [2.24, 2.45) is 0 Å². The fourth-order valence-electron chi connectivity index (χ4n) is 2.42. The SMILES string of the molecule is CNC(CCOc1cccc([N+](=O)[O-])c1)c1ccc(OC(=O)N(C)C)cc1.Cl. The van der Waals surface area contributed by atoms with Crippen molar-refractivity contribution in [3.8, 4) is 11.5 Å². The molecule has 2 aromatic rings. The number of hydrogen-bond acceptors (Lipinski definition) is 6. The Labute approximate surface area is 170 Å². The molecular formula is C19H24ClN3O5. The number of amides is 1.